The first-order chi connectivity index (χ1) is 13.5. The maximum Gasteiger partial charge on any atom is 0.296 e. The van der Waals surface area contributed by atoms with Crippen molar-refractivity contribution in [3.8, 4) is 0 Å². The Morgan fingerprint density at radius 3 is 1.93 bits per heavy atom. The molecule has 0 aliphatic heterocycles. The Morgan fingerprint density at radius 1 is 0.821 bits per heavy atom. The lowest BCUT2D eigenvalue weighted by molar-refractivity contribution is 0.130. The van der Waals surface area contributed by atoms with Gasteiger partial charge in [-0.05, 0) is 36.6 Å². The standard InChI is InChI=1S/C23H24O4S/c1-18-12-14-21(15-13-18)28(25,26)27-17-16-22(19-8-4-2-5-9-19)23(24)20-10-6-3-7-11-20/h2-15,22-24H,16-17H2,1H3. The van der Waals surface area contributed by atoms with Crippen molar-refractivity contribution in [2.75, 3.05) is 6.61 Å². The van der Waals surface area contributed by atoms with Gasteiger partial charge in [-0.25, -0.2) is 0 Å². The third-order valence-electron chi connectivity index (χ3n) is 4.73. The molecule has 146 valence electrons. The molecule has 0 saturated carbocycles. The van der Waals surface area contributed by atoms with Crippen molar-refractivity contribution in [3.05, 3.63) is 102 Å². The number of hydrogen-bond acceptors (Lipinski definition) is 4. The Morgan fingerprint density at radius 2 is 1.36 bits per heavy atom. The fourth-order valence-corrected chi connectivity index (χ4v) is 4.07. The zero-order chi connectivity index (χ0) is 20.0. The maximum atomic E-state index is 12.4. The molecular weight excluding hydrogens is 372 g/mol. The molecule has 0 heterocycles. The van der Waals surface area contributed by atoms with E-state index in [0.717, 1.165) is 16.7 Å². The zero-order valence-electron chi connectivity index (χ0n) is 15.7. The summed E-state index contributed by atoms with van der Waals surface area (Å²) in [6.07, 6.45) is -0.389. The molecule has 1 N–H and O–H groups in total. The molecule has 3 aromatic carbocycles. The van der Waals surface area contributed by atoms with E-state index in [1.54, 1.807) is 12.1 Å². The Labute approximate surface area is 166 Å². The van der Waals surface area contributed by atoms with Crippen LogP contribution >= 0.6 is 0 Å². The fraction of sp³-hybridized carbons (Fsp3) is 0.217. The molecule has 0 spiro atoms. The highest BCUT2D eigenvalue weighted by Gasteiger charge is 2.24. The summed E-state index contributed by atoms with van der Waals surface area (Å²) in [5, 5.41) is 10.9. The highest BCUT2D eigenvalue weighted by Crippen LogP contribution is 2.34. The summed E-state index contributed by atoms with van der Waals surface area (Å²) in [6, 6.07) is 25.5. The molecule has 2 atom stereocenters. The molecule has 0 aromatic heterocycles. The summed E-state index contributed by atoms with van der Waals surface area (Å²) >= 11 is 0. The second-order valence-electron chi connectivity index (χ2n) is 6.75. The van der Waals surface area contributed by atoms with Crippen molar-refractivity contribution in [1.82, 2.24) is 0 Å². The SMILES string of the molecule is Cc1ccc(S(=O)(=O)OCCC(c2ccccc2)C(O)c2ccccc2)cc1. The van der Waals surface area contributed by atoms with Crippen LogP contribution < -0.4 is 0 Å². The summed E-state index contributed by atoms with van der Waals surface area (Å²) < 4.78 is 30.1. The van der Waals surface area contributed by atoms with Gasteiger partial charge in [0, 0.05) is 5.92 Å². The van der Waals surface area contributed by atoms with Crippen LogP contribution in [0.1, 0.15) is 35.1 Å². The highest BCUT2D eigenvalue weighted by molar-refractivity contribution is 7.86. The van der Waals surface area contributed by atoms with Gasteiger partial charge in [-0.15, -0.1) is 0 Å². The summed E-state index contributed by atoms with van der Waals surface area (Å²) in [5.74, 6) is -0.281. The number of rotatable bonds is 8. The van der Waals surface area contributed by atoms with E-state index in [9.17, 15) is 13.5 Å². The van der Waals surface area contributed by atoms with Gasteiger partial charge in [0.15, 0.2) is 0 Å². The van der Waals surface area contributed by atoms with Crippen LogP contribution in [0.2, 0.25) is 0 Å². The minimum Gasteiger partial charge on any atom is -0.388 e. The van der Waals surface area contributed by atoms with E-state index in [1.807, 2.05) is 67.6 Å². The highest BCUT2D eigenvalue weighted by atomic mass is 32.2. The predicted octanol–water partition coefficient (Wildman–Crippen LogP) is 4.61. The van der Waals surface area contributed by atoms with E-state index in [4.69, 9.17) is 4.18 Å². The Hall–Kier alpha value is -2.47. The van der Waals surface area contributed by atoms with Crippen molar-refractivity contribution in [1.29, 1.82) is 0 Å². The molecular formula is C23H24O4S. The van der Waals surface area contributed by atoms with Gasteiger partial charge < -0.3 is 5.11 Å². The summed E-state index contributed by atoms with van der Waals surface area (Å²) in [7, 11) is -3.83. The van der Waals surface area contributed by atoms with Gasteiger partial charge >= 0.3 is 0 Å². The first kappa shape index (κ1) is 20.3. The average molecular weight is 397 g/mol. The van der Waals surface area contributed by atoms with Crippen LogP contribution in [0, 0.1) is 6.92 Å². The largest absolute Gasteiger partial charge is 0.388 e. The second-order valence-corrected chi connectivity index (χ2v) is 8.37. The lowest BCUT2D eigenvalue weighted by Crippen LogP contribution is -2.15. The molecule has 28 heavy (non-hydrogen) atoms. The third-order valence-corrected chi connectivity index (χ3v) is 6.05. The van der Waals surface area contributed by atoms with E-state index in [1.165, 1.54) is 12.1 Å². The minimum atomic E-state index is -3.83. The van der Waals surface area contributed by atoms with Gasteiger partial charge in [0.1, 0.15) is 0 Å². The molecule has 3 rings (SSSR count). The van der Waals surface area contributed by atoms with Gasteiger partial charge in [-0.1, -0.05) is 78.4 Å². The molecule has 0 saturated heterocycles. The van der Waals surface area contributed by atoms with Crippen LogP contribution in [0.15, 0.2) is 89.8 Å². The van der Waals surface area contributed by atoms with E-state index in [-0.39, 0.29) is 17.4 Å². The molecule has 0 fully saturated rings. The Balaban J connectivity index is 1.74. The van der Waals surface area contributed by atoms with Gasteiger partial charge in [-0.2, -0.15) is 8.42 Å². The average Bonchev–Trinajstić information content (AvgIpc) is 2.72. The van der Waals surface area contributed by atoms with Crippen LogP contribution in [-0.4, -0.2) is 20.1 Å². The monoisotopic (exact) mass is 396 g/mol. The third kappa shape index (κ3) is 5.07. The lowest BCUT2D eigenvalue weighted by Gasteiger charge is -2.24. The smallest absolute Gasteiger partial charge is 0.296 e. The number of aliphatic hydroxyl groups is 1. The molecule has 0 aliphatic carbocycles. The van der Waals surface area contributed by atoms with E-state index >= 15 is 0 Å². The molecule has 0 aliphatic rings. The van der Waals surface area contributed by atoms with Gasteiger partial charge in [-0.3, -0.25) is 4.18 Å². The summed E-state index contributed by atoms with van der Waals surface area (Å²) in [6.45, 7) is 1.88. The topological polar surface area (TPSA) is 63.6 Å². The minimum absolute atomic E-state index is 0.0142. The molecule has 0 bridgehead atoms. The van der Waals surface area contributed by atoms with Gasteiger partial charge in [0.05, 0.1) is 17.6 Å². The van der Waals surface area contributed by atoms with Crippen LogP contribution in [-0.2, 0) is 14.3 Å². The first-order valence-electron chi connectivity index (χ1n) is 9.21. The molecule has 2 unspecified atom stereocenters. The number of aryl methyl sites for hydroxylation is 1. The van der Waals surface area contributed by atoms with Crippen molar-refractivity contribution < 1.29 is 17.7 Å². The van der Waals surface area contributed by atoms with Crippen LogP contribution in [0.3, 0.4) is 0 Å². The number of benzene rings is 3. The number of aliphatic hydroxyl groups excluding tert-OH is 1. The van der Waals surface area contributed by atoms with Crippen molar-refractivity contribution in [2.45, 2.75) is 30.3 Å². The summed E-state index contributed by atoms with van der Waals surface area (Å²) in [5.41, 5.74) is 2.71. The quantitative estimate of drug-likeness (QED) is 0.565. The van der Waals surface area contributed by atoms with E-state index < -0.39 is 16.2 Å². The molecule has 0 amide bonds. The Kier molecular flexibility index (Phi) is 6.62. The van der Waals surface area contributed by atoms with Crippen LogP contribution in [0.4, 0.5) is 0 Å². The van der Waals surface area contributed by atoms with E-state index in [0.29, 0.717) is 6.42 Å². The van der Waals surface area contributed by atoms with Crippen LogP contribution in [0.25, 0.3) is 0 Å². The van der Waals surface area contributed by atoms with Crippen molar-refractivity contribution in [2.24, 2.45) is 0 Å². The first-order valence-corrected chi connectivity index (χ1v) is 10.6. The molecule has 5 heteroatoms. The van der Waals surface area contributed by atoms with E-state index in [2.05, 4.69) is 0 Å². The van der Waals surface area contributed by atoms with Crippen LogP contribution in [0.5, 0.6) is 0 Å². The van der Waals surface area contributed by atoms with Crippen molar-refractivity contribution >= 4 is 10.1 Å². The molecule has 0 radical (unpaired) electrons. The maximum absolute atomic E-state index is 12.4. The predicted molar refractivity (Wildman–Crippen MR) is 110 cm³/mol. The van der Waals surface area contributed by atoms with Gasteiger partial charge in [0.25, 0.3) is 10.1 Å². The second kappa shape index (κ2) is 9.15. The molecule has 3 aromatic rings. The normalized spacial score (nSPS) is 13.8. The Bertz CT molecular complexity index is 968. The summed E-state index contributed by atoms with van der Waals surface area (Å²) in [4.78, 5) is 0.137. The lowest BCUT2D eigenvalue weighted by atomic mass is 9.87. The number of hydrogen-bond donors (Lipinski definition) is 1. The fourth-order valence-electron chi connectivity index (χ4n) is 3.15. The molecule has 4 nitrogen and oxygen atoms in total. The zero-order valence-corrected chi connectivity index (χ0v) is 16.5. The van der Waals surface area contributed by atoms with Gasteiger partial charge in [0.2, 0.25) is 0 Å². The van der Waals surface area contributed by atoms with Crippen molar-refractivity contribution in [3.63, 3.8) is 0 Å².